The summed E-state index contributed by atoms with van der Waals surface area (Å²) in [5.74, 6) is -0.241. The Labute approximate surface area is 121 Å². The van der Waals surface area contributed by atoms with Crippen LogP contribution in [0.15, 0.2) is 20.9 Å². The first-order valence-corrected chi connectivity index (χ1v) is 6.00. The number of rotatable bonds is 4. The number of nitrogens with one attached hydrogen (secondary N) is 1. The third-order valence-corrected chi connectivity index (χ3v) is 3.27. The van der Waals surface area contributed by atoms with E-state index in [0.29, 0.717) is 0 Å². The van der Waals surface area contributed by atoms with E-state index in [2.05, 4.69) is 10.0 Å². The molecule has 0 radical (unpaired) electrons. The summed E-state index contributed by atoms with van der Waals surface area (Å²) < 4.78 is 10.7. The standard InChI is InChI=1S/C10H13N5O7/c1-21-4-2-15(9(20)12-7(4)19)8-5(17)6(18)10(3-16,22-8)13-14-11/h2,5-6,8,16-18H,3H2,1H3,(H,12,19,20)/t5?,6?,8-,10?/m1/s1. The molecule has 1 aromatic rings. The molecule has 0 spiro atoms. The van der Waals surface area contributed by atoms with Crippen LogP contribution in [0.5, 0.6) is 5.75 Å². The zero-order chi connectivity index (χ0) is 16.5. The molecule has 22 heavy (non-hydrogen) atoms. The quantitative estimate of drug-likeness (QED) is 0.276. The van der Waals surface area contributed by atoms with Crippen LogP contribution in [0, 0.1) is 0 Å². The maximum Gasteiger partial charge on any atom is 0.330 e. The Morgan fingerprint density at radius 2 is 2.27 bits per heavy atom. The van der Waals surface area contributed by atoms with Crippen molar-refractivity contribution in [2.45, 2.75) is 24.2 Å². The van der Waals surface area contributed by atoms with Crippen molar-refractivity contribution in [3.8, 4) is 5.75 Å². The molecule has 0 saturated carbocycles. The number of H-pyrrole nitrogens is 1. The van der Waals surface area contributed by atoms with Gasteiger partial charge in [-0.3, -0.25) is 14.3 Å². The van der Waals surface area contributed by atoms with Gasteiger partial charge in [-0.2, -0.15) is 0 Å². The minimum absolute atomic E-state index is 0.241. The van der Waals surface area contributed by atoms with Crippen LogP contribution >= 0.6 is 0 Å². The number of aliphatic hydroxyl groups excluding tert-OH is 3. The molecule has 3 unspecified atom stereocenters. The van der Waals surface area contributed by atoms with Gasteiger partial charge < -0.3 is 24.8 Å². The van der Waals surface area contributed by atoms with Crippen LogP contribution < -0.4 is 16.0 Å². The summed E-state index contributed by atoms with van der Waals surface area (Å²) in [5.41, 5.74) is 4.61. The SMILES string of the molecule is COc1cn([C@@H]2OC(CO)(N=[N+]=[N-])C(O)C2O)c(=O)[nH]c1=O. The molecule has 1 aromatic heterocycles. The topological polar surface area (TPSA) is 183 Å². The maximum absolute atomic E-state index is 11.8. The Bertz CT molecular complexity index is 723. The summed E-state index contributed by atoms with van der Waals surface area (Å²) in [6.45, 7) is -0.930. The zero-order valence-corrected chi connectivity index (χ0v) is 11.3. The number of aromatic nitrogens is 2. The average Bonchev–Trinajstić information content (AvgIpc) is 2.74. The fourth-order valence-corrected chi connectivity index (χ4v) is 2.11. The summed E-state index contributed by atoms with van der Waals surface area (Å²) >= 11 is 0. The third-order valence-electron chi connectivity index (χ3n) is 3.27. The molecule has 120 valence electrons. The molecule has 1 aliphatic heterocycles. The lowest BCUT2D eigenvalue weighted by Gasteiger charge is -2.23. The first kappa shape index (κ1) is 16.0. The Morgan fingerprint density at radius 3 is 2.82 bits per heavy atom. The normalized spacial score (nSPS) is 30.8. The lowest BCUT2D eigenvalue weighted by Crippen LogP contribution is -2.44. The van der Waals surface area contributed by atoms with Crippen LogP contribution in [0.4, 0.5) is 0 Å². The van der Waals surface area contributed by atoms with Gasteiger partial charge in [0.1, 0.15) is 12.2 Å². The second-order valence-corrected chi connectivity index (χ2v) is 4.50. The number of hydrogen-bond acceptors (Lipinski definition) is 8. The molecule has 1 fully saturated rings. The number of aliphatic hydroxyl groups is 3. The van der Waals surface area contributed by atoms with Gasteiger partial charge in [-0.25, -0.2) is 4.79 Å². The van der Waals surface area contributed by atoms with E-state index in [4.69, 9.17) is 15.0 Å². The van der Waals surface area contributed by atoms with Crippen LogP contribution in [-0.4, -0.2) is 56.5 Å². The molecule has 0 aliphatic carbocycles. The molecule has 0 amide bonds. The van der Waals surface area contributed by atoms with E-state index in [-0.39, 0.29) is 5.75 Å². The second kappa shape index (κ2) is 5.79. The second-order valence-electron chi connectivity index (χ2n) is 4.50. The Balaban J connectivity index is 2.53. The zero-order valence-electron chi connectivity index (χ0n) is 11.3. The molecule has 0 aromatic carbocycles. The highest BCUT2D eigenvalue weighted by atomic mass is 16.6. The van der Waals surface area contributed by atoms with Crippen molar-refractivity contribution in [3.05, 3.63) is 37.5 Å². The van der Waals surface area contributed by atoms with Crippen molar-refractivity contribution in [1.82, 2.24) is 9.55 Å². The molecule has 12 heteroatoms. The molecule has 2 rings (SSSR count). The molecule has 12 nitrogen and oxygen atoms in total. The van der Waals surface area contributed by atoms with Crippen LogP contribution in [0.3, 0.4) is 0 Å². The van der Waals surface area contributed by atoms with Crippen molar-refractivity contribution < 1.29 is 24.8 Å². The van der Waals surface area contributed by atoms with Crippen molar-refractivity contribution in [2.24, 2.45) is 5.11 Å². The summed E-state index contributed by atoms with van der Waals surface area (Å²) in [5, 5.41) is 32.4. The predicted molar refractivity (Wildman–Crippen MR) is 69.0 cm³/mol. The molecule has 1 saturated heterocycles. The smallest absolute Gasteiger partial charge is 0.330 e. The first-order chi connectivity index (χ1) is 10.4. The number of ether oxygens (including phenoxy) is 2. The maximum atomic E-state index is 11.8. The summed E-state index contributed by atoms with van der Waals surface area (Å²) in [4.78, 5) is 27.6. The van der Waals surface area contributed by atoms with E-state index < -0.39 is 42.0 Å². The lowest BCUT2D eigenvalue weighted by molar-refractivity contribution is -0.125. The van der Waals surface area contributed by atoms with E-state index in [1.54, 1.807) is 0 Å². The van der Waals surface area contributed by atoms with E-state index in [9.17, 15) is 24.9 Å². The van der Waals surface area contributed by atoms with Crippen LogP contribution in [0.25, 0.3) is 10.4 Å². The number of nitrogens with zero attached hydrogens (tertiary/aromatic N) is 4. The number of methoxy groups -OCH3 is 1. The van der Waals surface area contributed by atoms with Gasteiger partial charge in [0, 0.05) is 4.91 Å². The Morgan fingerprint density at radius 1 is 1.59 bits per heavy atom. The number of aromatic amines is 1. The summed E-state index contributed by atoms with van der Waals surface area (Å²) in [7, 11) is 1.19. The summed E-state index contributed by atoms with van der Waals surface area (Å²) in [6, 6.07) is 0. The predicted octanol–water partition coefficient (Wildman–Crippen LogP) is -2.21. The largest absolute Gasteiger partial charge is 0.490 e. The third kappa shape index (κ3) is 2.34. The van der Waals surface area contributed by atoms with Gasteiger partial charge in [-0.1, -0.05) is 5.11 Å². The van der Waals surface area contributed by atoms with Crippen molar-refractivity contribution in [1.29, 1.82) is 0 Å². The fraction of sp³-hybridized carbons (Fsp3) is 0.600. The van der Waals surface area contributed by atoms with Gasteiger partial charge >= 0.3 is 5.69 Å². The summed E-state index contributed by atoms with van der Waals surface area (Å²) in [6.07, 6.45) is -4.04. The Hall–Kier alpha value is -2.37. The fourth-order valence-electron chi connectivity index (χ4n) is 2.11. The first-order valence-electron chi connectivity index (χ1n) is 6.00. The minimum Gasteiger partial charge on any atom is -0.490 e. The van der Waals surface area contributed by atoms with Crippen molar-refractivity contribution >= 4 is 0 Å². The van der Waals surface area contributed by atoms with Crippen molar-refractivity contribution in [3.63, 3.8) is 0 Å². The van der Waals surface area contributed by atoms with Gasteiger partial charge in [-0.05, 0) is 5.53 Å². The van der Waals surface area contributed by atoms with Crippen LogP contribution in [0.2, 0.25) is 0 Å². The monoisotopic (exact) mass is 315 g/mol. The average molecular weight is 315 g/mol. The highest BCUT2D eigenvalue weighted by molar-refractivity contribution is 5.13. The molecule has 0 bridgehead atoms. The van der Waals surface area contributed by atoms with Crippen LogP contribution in [0.1, 0.15) is 6.23 Å². The molecule has 4 atom stereocenters. The lowest BCUT2D eigenvalue weighted by atomic mass is 10.1. The van der Waals surface area contributed by atoms with E-state index in [0.717, 1.165) is 10.8 Å². The van der Waals surface area contributed by atoms with Gasteiger partial charge in [0.2, 0.25) is 11.5 Å². The van der Waals surface area contributed by atoms with Gasteiger partial charge in [-0.15, -0.1) is 0 Å². The van der Waals surface area contributed by atoms with E-state index in [1.165, 1.54) is 7.11 Å². The molecule has 2 heterocycles. The Kier molecular flexibility index (Phi) is 4.21. The van der Waals surface area contributed by atoms with Gasteiger partial charge in [0.05, 0.1) is 19.9 Å². The molecule has 4 N–H and O–H groups in total. The minimum atomic E-state index is -2.15. The van der Waals surface area contributed by atoms with Crippen molar-refractivity contribution in [2.75, 3.05) is 13.7 Å². The van der Waals surface area contributed by atoms with E-state index in [1.807, 2.05) is 4.98 Å². The molecular formula is C10H13N5O7. The number of hydrogen-bond donors (Lipinski definition) is 4. The van der Waals surface area contributed by atoms with E-state index >= 15 is 0 Å². The highest BCUT2D eigenvalue weighted by Gasteiger charge is 2.55. The molecular weight excluding hydrogens is 302 g/mol. The van der Waals surface area contributed by atoms with Crippen LogP contribution in [-0.2, 0) is 4.74 Å². The van der Waals surface area contributed by atoms with Gasteiger partial charge in [0.25, 0.3) is 5.56 Å². The molecule has 1 aliphatic rings. The van der Waals surface area contributed by atoms with Gasteiger partial charge in [0.15, 0.2) is 6.23 Å². The number of azide groups is 1. The highest BCUT2D eigenvalue weighted by Crippen LogP contribution is 2.37.